The summed E-state index contributed by atoms with van der Waals surface area (Å²) in [6, 6.07) is 11.8. The van der Waals surface area contributed by atoms with Crippen LogP contribution in [0.4, 0.5) is 0 Å². The molecule has 0 unspecified atom stereocenters. The third-order valence-electron chi connectivity index (χ3n) is 4.43. The van der Waals surface area contributed by atoms with Crippen molar-refractivity contribution >= 4 is 22.9 Å². The second-order valence-corrected chi connectivity index (χ2v) is 6.23. The largest absolute Gasteiger partial charge is 0.340 e. The molecule has 0 aliphatic heterocycles. The number of para-hydroxylation sites is 1. The molecular weight excluding hydrogens is 324 g/mol. The van der Waals surface area contributed by atoms with E-state index in [-0.39, 0.29) is 5.57 Å². The van der Waals surface area contributed by atoms with Crippen LogP contribution >= 0.6 is 0 Å². The molecule has 1 aromatic carbocycles. The molecule has 3 aromatic rings. The molecule has 2 heterocycles. The predicted molar refractivity (Wildman–Crippen MR) is 103 cm³/mol. The quantitative estimate of drug-likeness (QED) is 0.405. The fourth-order valence-electron chi connectivity index (χ4n) is 3.24. The number of fused-ring (bicyclic) bond motifs is 1. The van der Waals surface area contributed by atoms with Crippen LogP contribution in [0.3, 0.4) is 0 Å². The van der Waals surface area contributed by atoms with Gasteiger partial charge in [0.2, 0.25) is 0 Å². The van der Waals surface area contributed by atoms with E-state index in [1.165, 1.54) is 4.68 Å². The minimum Gasteiger partial charge on any atom is -0.340 e. The highest BCUT2D eigenvalue weighted by atomic mass is 16.2. The summed E-state index contributed by atoms with van der Waals surface area (Å²) in [5, 5.41) is 14.8. The van der Waals surface area contributed by atoms with Crippen LogP contribution in [0.2, 0.25) is 0 Å². The fraction of sp³-hybridized carbons (Fsp3) is 0.190. The topological polar surface area (TPSA) is 63.6 Å². The van der Waals surface area contributed by atoms with Crippen molar-refractivity contribution in [3.8, 4) is 6.07 Å². The maximum absolute atomic E-state index is 12.8. The van der Waals surface area contributed by atoms with E-state index < -0.39 is 5.91 Å². The number of aromatic nitrogens is 3. The number of carbonyl (C=O) groups excluding carboxylic acids is 1. The van der Waals surface area contributed by atoms with Gasteiger partial charge < -0.3 is 4.57 Å². The van der Waals surface area contributed by atoms with Crippen molar-refractivity contribution in [2.45, 2.75) is 27.3 Å². The van der Waals surface area contributed by atoms with Crippen molar-refractivity contribution in [1.29, 1.82) is 5.26 Å². The first-order valence-corrected chi connectivity index (χ1v) is 8.36. The van der Waals surface area contributed by atoms with E-state index in [2.05, 4.69) is 16.2 Å². The van der Waals surface area contributed by atoms with Crippen LogP contribution in [-0.4, -0.2) is 20.3 Å². The smallest absolute Gasteiger partial charge is 0.289 e. The van der Waals surface area contributed by atoms with E-state index in [9.17, 15) is 10.1 Å². The zero-order chi connectivity index (χ0) is 18.8. The number of carbonyl (C=O) groups is 1. The third-order valence-corrected chi connectivity index (χ3v) is 4.43. The van der Waals surface area contributed by atoms with Crippen LogP contribution in [0, 0.1) is 32.1 Å². The van der Waals surface area contributed by atoms with Crippen molar-refractivity contribution in [2.24, 2.45) is 0 Å². The maximum Gasteiger partial charge on any atom is 0.289 e. The molecule has 3 rings (SSSR count). The molecule has 0 atom stereocenters. The number of rotatable bonds is 4. The van der Waals surface area contributed by atoms with Crippen LogP contribution in [0.15, 0.2) is 48.6 Å². The molecule has 2 aromatic heterocycles. The van der Waals surface area contributed by atoms with Crippen molar-refractivity contribution < 1.29 is 4.79 Å². The van der Waals surface area contributed by atoms with Gasteiger partial charge in [0.05, 0.1) is 5.69 Å². The minimum atomic E-state index is -0.418. The average molecular weight is 344 g/mol. The van der Waals surface area contributed by atoms with E-state index >= 15 is 0 Å². The fourth-order valence-corrected chi connectivity index (χ4v) is 3.24. The van der Waals surface area contributed by atoms with Gasteiger partial charge in [-0.1, -0.05) is 24.3 Å². The standard InChI is InChI=1S/C21H20N4O/c1-5-10-24-16(4)19(18-8-6-7-9-20(18)24)12-17(13-22)21(26)25-15(3)11-14(2)23-25/h5-9,11-12H,1,10H2,2-4H3/b17-12+. The van der Waals surface area contributed by atoms with Crippen LogP contribution in [0.1, 0.15) is 27.4 Å². The molecule has 0 saturated carbocycles. The molecular formula is C21H20N4O. The van der Waals surface area contributed by atoms with E-state index in [1.807, 2.05) is 56.3 Å². The summed E-state index contributed by atoms with van der Waals surface area (Å²) in [5.41, 5.74) is 4.41. The van der Waals surface area contributed by atoms with Crippen molar-refractivity contribution in [2.75, 3.05) is 0 Å². The molecule has 0 amide bonds. The Labute approximate surface area is 152 Å². The Kier molecular flexibility index (Phi) is 4.59. The van der Waals surface area contributed by atoms with Crippen molar-refractivity contribution in [3.63, 3.8) is 0 Å². The lowest BCUT2D eigenvalue weighted by Crippen LogP contribution is -2.15. The predicted octanol–water partition coefficient (Wildman–Crippen LogP) is 4.20. The molecule has 0 aliphatic carbocycles. The molecule has 0 fully saturated rings. The highest BCUT2D eigenvalue weighted by Crippen LogP contribution is 2.28. The molecule has 0 N–H and O–H groups in total. The lowest BCUT2D eigenvalue weighted by molar-refractivity contribution is 0.0944. The maximum atomic E-state index is 12.8. The minimum absolute atomic E-state index is 0.0563. The molecule has 5 nitrogen and oxygen atoms in total. The van der Waals surface area contributed by atoms with Gasteiger partial charge in [-0.15, -0.1) is 6.58 Å². The summed E-state index contributed by atoms with van der Waals surface area (Å²) in [7, 11) is 0. The van der Waals surface area contributed by atoms with Gasteiger partial charge in [0.15, 0.2) is 0 Å². The number of allylic oxidation sites excluding steroid dienone is 2. The van der Waals surface area contributed by atoms with Gasteiger partial charge in [0.25, 0.3) is 5.91 Å². The van der Waals surface area contributed by atoms with Gasteiger partial charge in [0, 0.05) is 34.4 Å². The number of hydrogen-bond acceptors (Lipinski definition) is 3. The Morgan fingerprint density at radius 1 is 1.31 bits per heavy atom. The molecule has 0 saturated heterocycles. The summed E-state index contributed by atoms with van der Waals surface area (Å²) >= 11 is 0. The van der Waals surface area contributed by atoms with Crippen LogP contribution in [-0.2, 0) is 6.54 Å². The van der Waals surface area contributed by atoms with Crippen LogP contribution < -0.4 is 0 Å². The Morgan fingerprint density at radius 2 is 2.04 bits per heavy atom. The highest BCUT2D eigenvalue weighted by molar-refractivity contribution is 6.05. The van der Waals surface area contributed by atoms with Gasteiger partial charge in [-0.05, 0) is 39.0 Å². The van der Waals surface area contributed by atoms with E-state index in [4.69, 9.17) is 0 Å². The summed E-state index contributed by atoms with van der Waals surface area (Å²) in [5.74, 6) is -0.418. The zero-order valence-electron chi connectivity index (χ0n) is 15.2. The van der Waals surface area contributed by atoms with Gasteiger partial charge >= 0.3 is 0 Å². The molecule has 0 bridgehead atoms. The summed E-state index contributed by atoms with van der Waals surface area (Å²) in [4.78, 5) is 12.8. The van der Waals surface area contributed by atoms with Crippen molar-refractivity contribution in [3.05, 3.63) is 71.2 Å². The third kappa shape index (κ3) is 2.86. The van der Waals surface area contributed by atoms with Crippen molar-refractivity contribution in [1.82, 2.24) is 14.3 Å². The first-order valence-electron chi connectivity index (χ1n) is 8.36. The molecule has 5 heteroatoms. The number of hydrogen-bond donors (Lipinski definition) is 0. The number of nitrogens with zero attached hydrogens (tertiary/aromatic N) is 4. The van der Waals surface area contributed by atoms with Crippen LogP contribution in [0.25, 0.3) is 17.0 Å². The molecule has 0 spiro atoms. The average Bonchev–Trinajstić information content (AvgIpc) is 3.10. The lowest BCUT2D eigenvalue weighted by Gasteiger charge is -2.04. The van der Waals surface area contributed by atoms with Gasteiger partial charge in [-0.25, -0.2) is 4.68 Å². The lowest BCUT2D eigenvalue weighted by atomic mass is 10.1. The SMILES string of the molecule is C=CCn1c(C)c(/C=C(\C#N)C(=O)n2nc(C)cc2C)c2ccccc21. The highest BCUT2D eigenvalue weighted by Gasteiger charge is 2.18. The van der Waals surface area contributed by atoms with E-state index in [0.717, 1.165) is 27.9 Å². The molecule has 0 aliphatic rings. The summed E-state index contributed by atoms with van der Waals surface area (Å²) in [6.45, 7) is 10.1. The molecule has 130 valence electrons. The summed E-state index contributed by atoms with van der Waals surface area (Å²) in [6.07, 6.45) is 3.50. The number of nitriles is 1. The second kappa shape index (κ2) is 6.85. The van der Waals surface area contributed by atoms with Gasteiger partial charge in [0.1, 0.15) is 11.6 Å². The monoisotopic (exact) mass is 344 g/mol. The first-order chi connectivity index (χ1) is 12.5. The Morgan fingerprint density at radius 3 is 2.65 bits per heavy atom. The van der Waals surface area contributed by atoms with Gasteiger partial charge in [-0.2, -0.15) is 10.4 Å². The van der Waals surface area contributed by atoms with E-state index in [0.29, 0.717) is 12.2 Å². The van der Waals surface area contributed by atoms with Crippen LogP contribution in [0.5, 0.6) is 0 Å². The molecule has 26 heavy (non-hydrogen) atoms. The Balaban J connectivity index is 2.18. The summed E-state index contributed by atoms with van der Waals surface area (Å²) < 4.78 is 3.40. The Hall–Kier alpha value is -3.39. The zero-order valence-corrected chi connectivity index (χ0v) is 15.2. The number of benzene rings is 1. The van der Waals surface area contributed by atoms with E-state index in [1.54, 1.807) is 13.0 Å². The van der Waals surface area contributed by atoms with Gasteiger partial charge in [-0.3, -0.25) is 4.79 Å². The molecule has 0 radical (unpaired) electrons. The first kappa shape index (κ1) is 17.4. The normalized spacial score (nSPS) is 11.5. The number of aryl methyl sites for hydroxylation is 2. The second-order valence-electron chi connectivity index (χ2n) is 6.23. The Bertz CT molecular complexity index is 1090.